The molecule has 112 valence electrons. The molecule has 1 N–H and O–H groups in total. The number of aromatic nitrogens is 4. The van der Waals surface area contributed by atoms with Crippen LogP contribution >= 0.6 is 0 Å². The maximum atomic E-state index is 13.9. The fourth-order valence-corrected chi connectivity index (χ4v) is 2.16. The summed E-state index contributed by atoms with van der Waals surface area (Å²) in [5.41, 5.74) is 1.23. The van der Waals surface area contributed by atoms with E-state index >= 15 is 0 Å². The zero-order valence-corrected chi connectivity index (χ0v) is 12.0. The van der Waals surface area contributed by atoms with Crippen molar-refractivity contribution >= 4 is 5.97 Å². The molecule has 0 bridgehead atoms. The lowest BCUT2D eigenvalue weighted by Gasteiger charge is -2.13. The number of hydrogen-bond acceptors (Lipinski definition) is 4. The molecule has 0 aliphatic heterocycles. The van der Waals surface area contributed by atoms with Gasteiger partial charge in [-0.05, 0) is 35.4 Å². The molecule has 0 amide bonds. The summed E-state index contributed by atoms with van der Waals surface area (Å²) in [5, 5.41) is 20.2. The SMILES string of the molecule is CCC(CC(=O)O)Cn1nnnc1-c1cc(C)ccc1F. The quantitative estimate of drug-likeness (QED) is 0.883. The molecule has 2 rings (SSSR count). The number of carbonyl (C=O) groups is 1. The summed E-state index contributed by atoms with van der Waals surface area (Å²) in [6.45, 7) is 4.11. The molecule has 0 radical (unpaired) electrons. The van der Waals surface area contributed by atoms with Crippen molar-refractivity contribution in [3.8, 4) is 11.4 Å². The molecule has 0 saturated heterocycles. The highest BCUT2D eigenvalue weighted by atomic mass is 19.1. The molecule has 1 aromatic carbocycles. The van der Waals surface area contributed by atoms with Crippen LogP contribution in [0.25, 0.3) is 11.4 Å². The van der Waals surface area contributed by atoms with Crippen molar-refractivity contribution in [2.75, 3.05) is 0 Å². The minimum atomic E-state index is -0.863. The first-order chi connectivity index (χ1) is 10.0. The minimum absolute atomic E-state index is 0.0338. The highest BCUT2D eigenvalue weighted by molar-refractivity contribution is 5.67. The minimum Gasteiger partial charge on any atom is -0.481 e. The Hall–Kier alpha value is -2.31. The van der Waals surface area contributed by atoms with Crippen molar-refractivity contribution in [1.29, 1.82) is 0 Å². The largest absolute Gasteiger partial charge is 0.481 e. The van der Waals surface area contributed by atoms with Crippen molar-refractivity contribution in [2.24, 2.45) is 5.92 Å². The van der Waals surface area contributed by atoms with E-state index < -0.39 is 11.8 Å². The lowest BCUT2D eigenvalue weighted by molar-refractivity contribution is -0.138. The lowest BCUT2D eigenvalue weighted by atomic mass is 10.0. The number of carboxylic acids is 1. The average Bonchev–Trinajstić information content (AvgIpc) is 2.88. The summed E-state index contributed by atoms with van der Waals surface area (Å²) in [6.07, 6.45) is 0.716. The van der Waals surface area contributed by atoms with Gasteiger partial charge < -0.3 is 5.11 Å². The number of hydrogen-bond donors (Lipinski definition) is 1. The molecule has 0 aliphatic rings. The standard InChI is InChI=1S/C14H17FN4O2/c1-3-10(7-13(20)21)8-19-14(16-17-18-19)11-6-9(2)4-5-12(11)15/h4-6,10H,3,7-8H2,1-2H3,(H,20,21). The molecular weight excluding hydrogens is 275 g/mol. The Morgan fingerprint density at radius 2 is 2.24 bits per heavy atom. The first-order valence-corrected chi connectivity index (χ1v) is 6.75. The number of tetrazole rings is 1. The van der Waals surface area contributed by atoms with Gasteiger partial charge in [-0.3, -0.25) is 4.79 Å². The summed E-state index contributed by atoms with van der Waals surface area (Å²) < 4.78 is 15.4. The lowest BCUT2D eigenvalue weighted by Crippen LogP contribution is -2.16. The van der Waals surface area contributed by atoms with Crippen LogP contribution in [0.5, 0.6) is 0 Å². The fourth-order valence-electron chi connectivity index (χ4n) is 2.16. The van der Waals surface area contributed by atoms with E-state index in [0.717, 1.165) is 5.56 Å². The van der Waals surface area contributed by atoms with Crippen LogP contribution in [0.15, 0.2) is 18.2 Å². The fraction of sp³-hybridized carbons (Fsp3) is 0.429. The number of benzene rings is 1. The van der Waals surface area contributed by atoms with Crippen LogP contribution in [0.3, 0.4) is 0 Å². The Kier molecular flexibility index (Phi) is 4.62. The highest BCUT2D eigenvalue weighted by Crippen LogP contribution is 2.22. The maximum absolute atomic E-state index is 13.9. The molecule has 6 nitrogen and oxygen atoms in total. The van der Waals surface area contributed by atoms with Gasteiger partial charge in [-0.25, -0.2) is 9.07 Å². The van der Waals surface area contributed by atoms with Crippen LogP contribution in [0.4, 0.5) is 4.39 Å². The van der Waals surface area contributed by atoms with Gasteiger partial charge in [0.15, 0.2) is 5.82 Å². The third-order valence-electron chi connectivity index (χ3n) is 3.37. The number of nitrogens with zero attached hydrogens (tertiary/aromatic N) is 4. The Balaban J connectivity index is 2.30. The van der Waals surface area contributed by atoms with Crippen LogP contribution in [0.1, 0.15) is 25.3 Å². The van der Waals surface area contributed by atoms with Crippen molar-refractivity contribution < 1.29 is 14.3 Å². The van der Waals surface area contributed by atoms with Crippen molar-refractivity contribution in [3.63, 3.8) is 0 Å². The van der Waals surface area contributed by atoms with Crippen LogP contribution in [-0.2, 0) is 11.3 Å². The number of rotatable bonds is 6. The molecule has 0 aliphatic carbocycles. The van der Waals surface area contributed by atoms with E-state index in [-0.39, 0.29) is 12.3 Å². The average molecular weight is 292 g/mol. The van der Waals surface area contributed by atoms with E-state index in [9.17, 15) is 9.18 Å². The van der Waals surface area contributed by atoms with Crippen molar-refractivity contribution in [2.45, 2.75) is 33.2 Å². The number of carboxylic acid groups (broad SMARTS) is 1. The predicted molar refractivity (Wildman–Crippen MR) is 74.0 cm³/mol. The first-order valence-electron chi connectivity index (χ1n) is 6.75. The Bertz CT molecular complexity index is 642. The van der Waals surface area contributed by atoms with Crippen molar-refractivity contribution in [1.82, 2.24) is 20.2 Å². The van der Waals surface area contributed by atoms with Gasteiger partial charge in [0.1, 0.15) is 5.82 Å². The smallest absolute Gasteiger partial charge is 0.303 e. The maximum Gasteiger partial charge on any atom is 0.303 e. The molecule has 7 heteroatoms. The van der Waals surface area contributed by atoms with E-state index in [0.29, 0.717) is 24.4 Å². The molecule has 2 aromatic rings. The molecule has 0 spiro atoms. The zero-order valence-electron chi connectivity index (χ0n) is 12.0. The van der Waals surface area contributed by atoms with Crippen LogP contribution in [-0.4, -0.2) is 31.3 Å². The molecule has 1 heterocycles. The van der Waals surface area contributed by atoms with E-state index in [1.54, 1.807) is 12.1 Å². The van der Waals surface area contributed by atoms with Crippen LogP contribution in [0, 0.1) is 18.7 Å². The summed E-state index contributed by atoms with van der Waals surface area (Å²) >= 11 is 0. The third kappa shape index (κ3) is 3.62. The molecule has 0 fully saturated rings. The number of aliphatic carboxylic acids is 1. The van der Waals surface area contributed by atoms with Crippen LogP contribution < -0.4 is 0 Å². The highest BCUT2D eigenvalue weighted by Gasteiger charge is 2.18. The van der Waals surface area contributed by atoms with Gasteiger partial charge in [0.05, 0.1) is 5.56 Å². The summed E-state index contributed by atoms with van der Waals surface area (Å²) in [5.74, 6) is -1.04. The van der Waals surface area contributed by atoms with E-state index in [4.69, 9.17) is 5.11 Å². The van der Waals surface area contributed by atoms with Gasteiger partial charge >= 0.3 is 5.97 Å². The number of halogens is 1. The monoisotopic (exact) mass is 292 g/mol. The van der Waals surface area contributed by atoms with Gasteiger partial charge in [-0.2, -0.15) is 0 Å². The third-order valence-corrected chi connectivity index (χ3v) is 3.37. The van der Waals surface area contributed by atoms with Gasteiger partial charge in [-0.15, -0.1) is 5.10 Å². The Morgan fingerprint density at radius 3 is 2.90 bits per heavy atom. The molecule has 0 saturated carbocycles. The van der Waals surface area contributed by atoms with Gasteiger partial charge in [-0.1, -0.05) is 25.0 Å². The molecule has 21 heavy (non-hydrogen) atoms. The van der Waals surface area contributed by atoms with Gasteiger partial charge in [0.2, 0.25) is 0 Å². The Labute approximate surface area is 121 Å². The van der Waals surface area contributed by atoms with Crippen LogP contribution in [0.2, 0.25) is 0 Å². The molecule has 1 unspecified atom stereocenters. The molecular formula is C14H17FN4O2. The van der Waals surface area contributed by atoms with E-state index in [1.807, 2.05) is 13.8 Å². The van der Waals surface area contributed by atoms with Crippen molar-refractivity contribution in [3.05, 3.63) is 29.6 Å². The summed E-state index contributed by atoms with van der Waals surface area (Å²) in [4.78, 5) is 10.8. The second-order valence-corrected chi connectivity index (χ2v) is 5.04. The molecule has 1 atom stereocenters. The normalized spacial score (nSPS) is 12.3. The molecule has 1 aromatic heterocycles. The topological polar surface area (TPSA) is 80.9 Å². The zero-order chi connectivity index (χ0) is 15.4. The second kappa shape index (κ2) is 6.43. The Morgan fingerprint density at radius 1 is 1.48 bits per heavy atom. The predicted octanol–water partition coefficient (Wildman–Crippen LogP) is 2.29. The van der Waals surface area contributed by atoms with Gasteiger partial charge in [0, 0.05) is 13.0 Å². The van der Waals surface area contributed by atoms with E-state index in [1.165, 1.54) is 10.7 Å². The summed E-state index contributed by atoms with van der Waals surface area (Å²) in [6, 6.07) is 4.72. The summed E-state index contributed by atoms with van der Waals surface area (Å²) in [7, 11) is 0. The first kappa shape index (κ1) is 15.1. The second-order valence-electron chi connectivity index (χ2n) is 5.04. The van der Waals surface area contributed by atoms with Gasteiger partial charge in [0.25, 0.3) is 0 Å². The van der Waals surface area contributed by atoms with E-state index in [2.05, 4.69) is 15.5 Å². The number of aryl methyl sites for hydroxylation is 1.